The van der Waals surface area contributed by atoms with Crippen molar-refractivity contribution in [3.63, 3.8) is 0 Å². The lowest BCUT2D eigenvalue weighted by molar-refractivity contribution is -0.691. The van der Waals surface area contributed by atoms with Crippen LogP contribution >= 0.6 is 0 Å². The Morgan fingerprint density at radius 2 is 1.48 bits per heavy atom. The van der Waals surface area contributed by atoms with Crippen molar-refractivity contribution in [1.82, 2.24) is 0 Å². The molecule has 0 saturated heterocycles. The Hall–Kier alpha value is -3.33. The number of benzene rings is 3. The van der Waals surface area contributed by atoms with Gasteiger partial charge < -0.3 is 9.84 Å². The highest BCUT2D eigenvalue weighted by Gasteiger charge is 2.18. The summed E-state index contributed by atoms with van der Waals surface area (Å²) in [6.45, 7) is 0.721. The van der Waals surface area contributed by atoms with Gasteiger partial charge in [-0.05, 0) is 35.7 Å². The number of hydrogen-bond donors (Lipinski definition) is 1. The largest absolute Gasteiger partial charge is 0.508 e. The third kappa shape index (κ3) is 3.31. The van der Waals surface area contributed by atoms with Gasteiger partial charge in [0, 0.05) is 11.6 Å². The molecule has 0 fully saturated rings. The van der Waals surface area contributed by atoms with Crippen LogP contribution in [0.5, 0.6) is 17.4 Å². The highest BCUT2D eigenvalue weighted by atomic mass is 16.5. The van der Waals surface area contributed by atoms with Crippen LogP contribution in [-0.2, 0) is 6.54 Å². The molecule has 1 heterocycles. The van der Waals surface area contributed by atoms with E-state index in [2.05, 4.69) is 34.9 Å². The minimum absolute atomic E-state index is 0.224. The number of hydrogen-bond acceptors (Lipinski definition) is 2. The van der Waals surface area contributed by atoms with Crippen LogP contribution in [0.1, 0.15) is 5.56 Å². The monoisotopic (exact) mass is 328 g/mol. The number of aromatic hydroxyl groups is 1. The van der Waals surface area contributed by atoms with Gasteiger partial charge in [-0.3, -0.25) is 0 Å². The van der Waals surface area contributed by atoms with Gasteiger partial charge in [0.25, 0.3) is 0 Å². The fraction of sp³-hybridized carbons (Fsp3) is 0.0455. The summed E-state index contributed by atoms with van der Waals surface area (Å²) in [7, 11) is 0. The molecular formula is C22H18NO2+. The van der Waals surface area contributed by atoms with Gasteiger partial charge in [-0.2, -0.15) is 4.57 Å². The third-order valence-corrected chi connectivity index (χ3v) is 4.13. The predicted molar refractivity (Wildman–Crippen MR) is 97.9 cm³/mol. The summed E-state index contributed by atoms with van der Waals surface area (Å²) in [6.07, 6.45) is 2.05. The van der Waals surface area contributed by atoms with Crippen molar-refractivity contribution in [2.24, 2.45) is 0 Å². The van der Waals surface area contributed by atoms with Crippen LogP contribution in [0.15, 0.2) is 91.1 Å². The second-order valence-corrected chi connectivity index (χ2v) is 5.92. The van der Waals surface area contributed by atoms with E-state index in [1.807, 2.05) is 36.5 Å². The van der Waals surface area contributed by atoms with Gasteiger partial charge in [0.05, 0.1) is 5.39 Å². The van der Waals surface area contributed by atoms with Crippen LogP contribution in [0.3, 0.4) is 0 Å². The normalized spacial score (nSPS) is 10.7. The Morgan fingerprint density at radius 3 is 2.28 bits per heavy atom. The molecule has 4 aromatic rings. The Balaban J connectivity index is 1.80. The molecule has 3 heteroatoms. The van der Waals surface area contributed by atoms with E-state index in [4.69, 9.17) is 4.74 Å². The zero-order valence-electron chi connectivity index (χ0n) is 13.7. The first-order valence-electron chi connectivity index (χ1n) is 8.21. The fourth-order valence-corrected chi connectivity index (χ4v) is 2.87. The molecule has 0 aliphatic rings. The molecular weight excluding hydrogens is 310 g/mol. The number of nitrogens with zero attached hydrogens (tertiary/aromatic N) is 1. The quantitative estimate of drug-likeness (QED) is 0.552. The molecule has 0 saturated carbocycles. The molecule has 0 bridgehead atoms. The van der Waals surface area contributed by atoms with Gasteiger partial charge in [0.2, 0.25) is 0 Å². The second kappa shape index (κ2) is 6.65. The van der Waals surface area contributed by atoms with Gasteiger partial charge in [-0.1, -0.05) is 48.5 Å². The summed E-state index contributed by atoms with van der Waals surface area (Å²) in [5.74, 6) is 1.70. The molecule has 0 spiro atoms. The number of phenolic OH excluding ortho intramolecular Hbond substituents is 1. The zero-order chi connectivity index (χ0) is 17.1. The highest BCUT2D eigenvalue weighted by Crippen LogP contribution is 2.27. The lowest BCUT2D eigenvalue weighted by Crippen LogP contribution is -2.35. The van der Waals surface area contributed by atoms with E-state index in [0.717, 1.165) is 23.2 Å². The van der Waals surface area contributed by atoms with E-state index < -0.39 is 0 Å². The Kier molecular flexibility index (Phi) is 4.05. The maximum Gasteiger partial charge on any atom is 0.381 e. The molecule has 3 nitrogen and oxygen atoms in total. The molecule has 122 valence electrons. The summed E-state index contributed by atoms with van der Waals surface area (Å²) in [5.41, 5.74) is 1.21. The van der Waals surface area contributed by atoms with Crippen LogP contribution in [0.4, 0.5) is 0 Å². The van der Waals surface area contributed by atoms with E-state index in [9.17, 15) is 5.11 Å². The first-order valence-corrected chi connectivity index (χ1v) is 8.21. The summed E-state index contributed by atoms with van der Waals surface area (Å²) in [4.78, 5) is 0. The van der Waals surface area contributed by atoms with Crippen LogP contribution < -0.4 is 9.30 Å². The maximum atomic E-state index is 9.48. The van der Waals surface area contributed by atoms with Crippen LogP contribution in [0, 0.1) is 0 Å². The number of phenols is 1. The second-order valence-electron chi connectivity index (χ2n) is 5.92. The van der Waals surface area contributed by atoms with Crippen LogP contribution in [0.25, 0.3) is 10.8 Å². The van der Waals surface area contributed by atoms with Crippen molar-refractivity contribution < 1.29 is 14.4 Å². The van der Waals surface area contributed by atoms with Crippen molar-refractivity contribution in [3.8, 4) is 17.4 Å². The predicted octanol–water partition coefficient (Wildman–Crippen LogP) is 4.67. The van der Waals surface area contributed by atoms with E-state index in [0.29, 0.717) is 5.75 Å². The SMILES string of the molecule is Oc1ccc(Oc2c3ccccc3cc[n+]2Cc2ccccc2)cc1. The Bertz CT molecular complexity index is 995. The minimum Gasteiger partial charge on any atom is -0.508 e. The molecule has 0 aliphatic heterocycles. The Labute approximate surface area is 146 Å². The van der Waals surface area contributed by atoms with Gasteiger partial charge in [0.15, 0.2) is 12.7 Å². The number of aromatic nitrogens is 1. The molecule has 25 heavy (non-hydrogen) atoms. The van der Waals surface area contributed by atoms with Crippen molar-refractivity contribution in [2.45, 2.75) is 6.54 Å². The summed E-state index contributed by atoms with van der Waals surface area (Å²) in [5, 5.41) is 11.7. The zero-order valence-corrected chi connectivity index (χ0v) is 13.7. The number of ether oxygens (including phenoxy) is 1. The number of rotatable bonds is 4. The molecule has 0 radical (unpaired) electrons. The van der Waals surface area contributed by atoms with E-state index in [1.165, 1.54) is 5.56 Å². The van der Waals surface area contributed by atoms with Gasteiger partial charge in [-0.25, -0.2) is 0 Å². The van der Waals surface area contributed by atoms with Crippen molar-refractivity contribution in [2.75, 3.05) is 0 Å². The lowest BCUT2D eigenvalue weighted by atomic mass is 10.1. The molecule has 3 aromatic carbocycles. The van der Waals surface area contributed by atoms with Gasteiger partial charge in [-0.15, -0.1) is 0 Å². The molecule has 0 atom stereocenters. The maximum absolute atomic E-state index is 9.48. The molecule has 1 aromatic heterocycles. The Morgan fingerprint density at radius 1 is 0.760 bits per heavy atom. The van der Waals surface area contributed by atoms with Crippen molar-refractivity contribution in [1.29, 1.82) is 0 Å². The first-order chi connectivity index (χ1) is 12.3. The molecule has 0 unspecified atom stereocenters. The first kappa shape index (κ1) is 15.2. The van der Waals surface area contributed by atoms with E-state index >= 15 is 0 Å². The summed E-state index contributed by atoms with van der Waals surface area (Å²) >= 11 is 0. The smallest absolute Gasteiger partial charge is 0.381 e. The summed E-state index contributed by atoms with van der Waals surface area (Å²) in [6, 6.07) is 27.4. The lowest BCUT2D eigenvalue weighted by Gasteiger charge is -2.09. The molecule has 0 aliphatic carbocycles. The van der Waals surface area contributed by atoms with Gasteiger partial charge in [0.1, 0.15) is 11.5 Å². The van der Waals surface area contributed by atoms with Gasteiger partial charge >= 0.3 is 5.88 Å². The van der Waals surface area contributed by atoms with Crippen LogP contribution in [-0.4, -0.2) is 5.11 Å². The molecule has 4 rings (SSSR count). The fourth-order valence-electron chi connectivity index (χ4n) is 2.87. The topological polar surface area (TPSA) is 33.3 Å². The minimum atomic E-state index is 0.224. The average Bonchev–Trinajstić information content (AvgIpc) is 2.66. The van der Waals surface area contributed by atoms with Crippen LogP contribution in [0.2, 0.25) is 0 Å². The van der Waals surface area contributed by atoms with Crippen molar-refractivity contribution in [3.05, 3.63) is 96.7 Å². The number of fused-ring (bicyclic) bond motifs is 1. The number of pyridine rings is 1. The van der Waals surface area contributed by atoms with Crippen molar-refractivity contribution >= 4 is 10.8 Å². The average molecular weight is 328 g/mol. The molecule has 0 amide bonds. The van der Waals surface area contributed by atoms with E-state index in [-0.39, 0.29) is 5.75 Å². The third-order valence-electron chi connectivity index (χ3n) is 4.13. The standard InChI is InChI=1S/C22H17NO2/c24-19-10-12-20(13-11-19)25-22-21-9-5-4-8-18(21)14-15-23(22)16-17-6-2-1-3-7-17/h1-15H,16H2/p+1. The molecule has 1 N–H and O–H groups in total. The summed E-state index contributed by atoms with van der Waals surface area (Å²) < 4.78 is 8.30. The van der Waals surface area contributed by atoms with E-state index in [1.54, 1.807) is 24.3 Å². The highest BCUT2D eigenvalue weighted by molar-refractivity contribution is 5.85.